The van der Waals surface area contributed by atoms with Crippen LogP contribution in [-0.4, -0.2) is 82.3 Å². The average molecular weight is 505 g/mol. The lowest BCUT2D eigenvalue weighted by atomic mass is 9.62. The molecule has 1 spiro atoms. The Hall–Kier alpha value is -2.19. The molecule has 3 aliphatic heterocycles. The molecule has 8 nitrogen and oxygen atoms in total. The second kappa shape index (κ2) is 11.5. The number of nitrogens with zero attached hydrogens (tertiary/aromatic N) is 2. The number of fused-ring (bicyclic) bond motifs is 1. The number of likely N-dealkylation sites (tertiary alicyclic amines) is 1. The standard InChI is InChI=1S/C28H44N2O6/c1-7-10-12-13-16-35-26(34)22-21-24(32)30(20(5)18-31)23(25(33)29(14-9-3)15-11-8-2)28(21)17-19(4)27(22,6)36-28/h7,9,19-23,31H,1,3,8,10-18H2,2,4-6H3/t19?,20-,21+,22+,23?,27-,28?/m1/s1. The molecule has 0 aliphatic carbocycles. The van der Waals surface area contributed by atoms with E-state index in [4.69, 9.17) is 9.47 Å². The Balaban J connectivity index is 1.99. The lowest BCUT2D eigenvalue weighted by Crippen LogP contribution is -2.58. The van der Waals surface area contributed by atoms with Gasteiger partial charge in [-0.05, 0) is 51.9 Å². The molecular formula is C28H44N2O6. The van der Waals surface area contributed by atoms with Crippen molar-refractivity contribution in [3.8, 4) is 0 Å². The van der Waals surface area contributed by atoms with Crippen molar-refractivity contribution < 1.29 is 29.0 Å². The van der Waals surface area contributed by atoms with E-state index >= 15 is 0 Å². The third-order valence-electron chi connectivity index (χ3n) is 8.47. The largest absolute Gasteiger partial charge is 0.465 e. The topological polar surface area (TPSA) is 96.4 Å². The summed E-state index contributed by atoms with van der Waals surface area (Å²) >= 11 is 0. The fourth-order valence-corrected chi connectivity index (χ4v) is 6.50. The van der Waals surface area contributed by atoms with Crippen LogP contribution in [0, 0.1) is 17.8 Å². The predicted octanol–water partition coefficient (Wildman–Crippen LogP) is 3.09. The van der Waals surface area contributed by atoms with Crippen LogP contribution in [0.1, 0.15) is 66.2 Å². The summed E-state index contributed by atoms with van der Waals surface area (Å²) in [5, 5.41) is 10.0. The second-order valence-corrected chi connectivity index (χ2v) is 10.9. The van der Waals surface area contributed by atoms with Crippen LogP contribution in [0.4, 0.5) is 0 Å². The molecular weight excluding hydrogens is 460 g/mol. The molecule has 8 heteroatoms. The average Bonchev–Trinajstić information content (AvgIpc) is 3.37. The molecule has 3 fully saturated rings. The van der Waals surface area contributed by atoms with Gasteiger partial charge < -0.3 is 24.4 Å². The molecule has 7 atom stereocenters. The first-order valence-electron chi connectivity index (χ1n) is 13.4. The number of carbonyl (C=O) groups excluding carboxylic acids is 3. The van der Waals surface area contributed by atoms with Gasteiger partial charge in [0.1, 0.15) is 17.6 Å². The van der Waals surface area contributed by atoms with Gasteiger partial charge in [0.15, 0.2) is 0 Å². The number of hydrogen-bond acceptors (Lipinski definition) is 6. The van der Waals surface area contributed by atoms with Crippen molar-refractivity contribution in [3.05, 3.63) is 25.3 Å². The zero-order valence-corrected chi connectivity index (χ0v) is 22.4. The van der Waals surface area contributed by atoms with Gasteiger partial charge in [-0.2, -0.15) is 0 Å². The zero-order chi connectivity index (χ0) is 26.7. The first-order valence-corrected chi connectivity index (χ1v) is 13.4. The molecule has 2 bridgehead atoms. The third kappa shape index (κ3) is 4.62. The van der Waals surface area contributed by atoms with Crippen molar-refractivity contribution in [2.45, 2.75) is 89.5 Å². The Morgan fingerprint density at radius 2 is 2.03 bits per heavy atom. The maximum absolute atomic E-state index is 14.1. The van der Waals surface area contributed by atoms with E-state index in [9.17, 15) is 19.5 Å². The summed E-state index contributed by atoms with van der Waals surface area (Å²) in [5.41, 5.74) is -2.04. The van der Waals surface area contributed by atoms with E-state index in [1.807, 2.05) is 19.9 Å². The van der Waals surface area contributed by atoms with Crippen LogP contribution >= 0.6 is 0 Å². The zero-order valence-electron chi connectivity index (χ0n) is 22.4. The SMILES string of the molecule is C=CCCCCOC(=O)[C@@H]1[C@H]2C(=O)N([C@H](C)CO)C(C(=O)N(CC=C)CCCC)C23CC(C)[C@@]1(C)O3. The van der Waals surface area contributed by atoms with Gasteiger partial charge in [-0.15, -0.1) is 13.2 Å². The number of hydrogen-bond donors (Lipinski definition) is 1. The van der Waals surface area contributed by atoms with Crippen molar-refractivity contribution in [2.24, 2.45) is 17.8 Å². The molecule has 3 unspecified atom stereocenters. The van der Waals surface area contributed by atoms with Crippen LogP contribution < -0.4 is 0 Å². The molecule has 0 aromatic carbocycles. The first kappa shape index (κ1) is 28.4. The molecule has 3 heterocycles. The van der Waals surface area contributed by atoms with Gasteiger partial charge in [0.2, 0.25) is 11.8 Å². The third-order valence-corrected chi connectivity index (χ3v) is 8.47. The second-order valence-electron chi connectivity index (χ2n) is 10.9. The van der Waals surface area contributed by atoms with Gasteiger partial charge in [0.25, 0.3) is 0 Å². The smallest absolute Gasteiger partial charge is 0.312 e. The highest BCUT2D eigenvalue weighted by Crippen LogP contribution is 2.65. The van der Waals surface area contributed by atoms with Crippen molar-refractivity contribution in [2.75, 3.05) is 26.3 Å². The Bertz CT molecular complexity index is 861. The fourth-order valence-electron chi connectivity index (χ4n) is 6.50. The van der Waals surface area contributed by atoms with Gasteiger partial charge in [-0.25, -0.2) is 0 Å². The number of esters is 1. The number of unbranched alkanes of at least 4 members (excludes halogenated alkanes) is 3. The molecule has 0 aromatic rings. The molecule has 36 heavy (non-hydrogen) atoms. The summed E-state index contributed by atoms with van der Waals surface area (Å²) in [5.74, 6) is -2.64. The Morgan fingerprint density at radius 3 is 2.64 bits per heavy atom. The summed E-state index contributed by atoms with van der Waals surface area (Å²) in [4.78, 5) is 44.7. The molecule has 0 radical (unpaired) electrons. The summed E-state index contributed by atoms with van der Waals surface area (Å²) < 4.78 is 12.4. The van der Waals surface area contributed by atoms with Crippen LogP contribution in [0.2, 0.25) is 0 Å². The maximum atomic E-state index is 14.1. The van der Waals surface area contributed by atoms with Crippen LogP contribution in [-0.2, 0) is 23.9 Å². The number of allylic oxidation sites excluding steroid dienone is 1. The van der Waals surface area contributed by atoms with E-state index in [0.29, 0.717) is 25.9 Å². The number of rotatable bonds is 14. The first-order chi connectivity index (χ1) is 17.1. The molecule has 0 aromatic heterocycles. The number of ether oxygens (including phenoxy) is 2. The molecule has 2 amide bonds. The van der Waals surface area contributed by atoms with E-state index in [0.717, 1.165) is 25.7 Å². The quantitative estimate of drug-likeness (QED) is 0.222. The van der Waals surface area contributed by atoms with Gasteiger partial charge >= 0.3 is 5.97 Å². The summed E-state index contributed by atoms with van der Waals surface area (Å²) in [6.45, 7) is 16.1. The highest BCUT2D eigenvalue weighted by Gasteiger charge is 2.80. The summed E-state index contributed by atoms with van der Waals surface area (Å²) in [6, 6.07) is -1.51. The normalized spacial score (nSPS) is 33.4. The van der Waals surface area contributed by atoms with E-state index in [1.165, 1.54) is 4.90 Å². The Kier molecular flexibility index (Phi) is 9.04. The van der Waals surface area contributed by atoms with Gasteiger partial charge in [-0.1, -0.05) is 32.4 Å². The molecule has 3 rings (SSSR count). The van der Waals surface area contributed by atoms with Crippen molar-refractivity contribution in [1.29, 1.82) is 0 Å². The van der Waals surface area contributed by atoms with Gasteiger partial charge in [0.05, 0.1) is 30.8 Å². The summed E-state index contributed by atoms with van der Waals surface area (Å²) in [6.07, 6.45) is 8.17. The fraction of sp³-hybridized carbons (Fsp3) is 0.750. The Labute approximate surface area is 215 Å². The lowest BCUT2D eigenvalue weighted by Gasteiger charge is -2.38. The highest BCUT2D eigenvalue weighted by atomic mass is 16.6. The molecule has 202 valence electrons. The molecule has 1 N–H and O–H groups in total. The maximum Gasteiger partial charge on any atom is 0.312 e. The molecule has 3 saturated heterocycles. The number of aliphatic hydroxyl groups is 1. The predicted molar refractivity (Wildman–Crippen MR) is 137 cm³/mol. The minimum Gasteiger partial charge on any atom is -0.465 e. The van der Waals surface area contributed by atoms with Crippen LogP contribution in [0.25, 0.3) is 0 Å². The molecule has 3 aliphatic rings. The van der Waals surface area contributed by atoms with Gasteiger partial charge in [-0.3, -0.25) is 14.4 Å². The summed E-state index contributed by atoms with van der Waals surface area (Å²) in [7, 11) is 0. The monoisotopic (exact) mass is 504 g/mol. The van der Waals surface area contributed by atoms with E-state index in [2.05, 4.69) is 20.1 Å². The van der Waals surface area contributed by atoms with Crippen LogP contribution in [0.3, 0.4) is 0 Å². The van der Waals surface area contributed by atoms with Crippen LogP contribution in [0.15, 0.2) is 25.3 Å². The van der Waals surface area contributed by atoms with Crippen molar-refractivity contribution in [3.63, 3.8) is 0 Å². The minimum absolute atomic E-state index is 0.0527. The lowest BCUT2D eigenvalue weighted by molar-refractivity contribution is -0.163. The van der Waals surface area contributed by atoms with E-state index < -0.39 is 41.1 Å². The minimum atomic E-state index is -1.13. The number of carbonyl (C=O) groups is 3. The number of aliphatic hydroxyl groups excluding tert-OH is 1. The Morgan fingerprint density at radius 1 is 1.31 bits per heavy atom. The van der Waals surface area contributed by atoms with E-state index in [1.54, 1.807) is 17.9 Å². The van der Waals surface area contributed by atoms with E-state index in [-0.39, 0.29) is 30.9 Å². The van der Waals surface area contributed by atoms with Crippen molar-refractivity contribution >= 4 is 17.8 Å². The van der Waals surface area contributed by atoms with Crippen molar-refractivity contribution in [1.82, 2.24) is 9.80 Å². The number of amides is 2. The highest BCUT2D eigenvalue weighted by molar-refractivity contribution is 5.98. The van der Waals surface area contributed by atoms with Gasteiger partial charge in [0, 0.05) is 13.1 Å². The molecule has 0 saturated carbocycles. The van der Waals surface area contributed by atoms with Crippen LogP contribution in [0.5, 0.6) is 0 Å².